The van der Waals surface area contributed by atoms with Crippen molar-refractivity contribution in [2.45, 2.75) is 62.6 Å². The van der Waals surface area contributed by atoms with E-state index in [0.717, 1.165) is 17.6 Å². The Bertz CT molecular complexity index is 387. The molecule has 0 atom stereocenters. The number of nitrogens with zero attached hydrogens (tertiary/aromatic N) is 2. The maximum absolute atomic E-state index is 4.52. The van der Waals surface area contributed by atoms with Gasteiger partial charge in [0.2, 0.25) is 0 Å². The van der Waals surface area contributed by atoms with E-state index in [9.17, 15) is 0 Å². The summed E-state index contributed by atoms with van der Waals surface area (Å²) in [6, 6.07) is 0. The lowest BCUT2D eigenvalue weighted by molar-refractivity contribution is 0.798. The first kappa shape index (κ1) is 13.7. The second kappa shape index (κ2) is 6.41. The van der Waals surface area contributed by atoms with Crippen LogP contribution in [0.4, 0.5) is 5.82 Å². The summed E-state index contributed by atoms with van der Waals surface area (Å²) in [7, 11) is 0. The van der Waals surface area contributed by atoms with E-state index in [-0.39, 0.29) is 0 Å². The fraction of sp³-hybridized carbons (Fsp3) is 0.714. The molecule has 0 aromatic carbocycles. The Kier molecular flexibility index (Phi) is 4.87. The molecule has 3 nitrogen and oxygen atoms in total. The molecule has 1 N–H and O–H groups in total. The molecule has 1 aliphatic rings. The summed E-state index contributed by atoms with van der Waals surface area (Å²) in [6.45, 7) is 7.46. The number of hydrogen-bond acceptors (Lipinski definition) is 4. The molecule has 1 saturated carbocycles. The third-order valence-corrected chi connectivity index (χ3v) is 4.70. The van der Waals surface area contributed by atoms with Gasteiger partial charge in [-0.2, -0.15) is 0 Å². The monoisotopic (exact) mass is 265 g/mol. The van der Waals surface area contributed by atoms with Crippen molar-refractivity contribution in [1.29, 1.82) is 0 Å². The zero-order valence-corrected chi connectivity index (χ0v) is 12.4. The van der Waals surface area contributed by atoms with Gasteiger partial charge < -0.3 is 5.32 Å². The van der Waals surface area contributed by atoms with Crippen LogP contribution in [0.3, 0.4) is 0 Å². The highest BCUT2D eigenvalue weighted by Crippen LogP contribution is 2.38. The predicted octanol–water partition coefficient (Wildman–Crippen LogP) is 4.07. The van der Waals surface area contributed by atoms with E-state index in [2.05, 4.69) is 36.1 Å². The third kappa shape index (κ3) is 3.16. The fourth-order valence-electron chi connectivity index (χ4n) is 2.47. The van der Waals surface area contributed by atoms with E-state index in [1.54, 1.807) is 6.33 Å². The van der Waals surface area contributed by atoms with Gasteiger partial charge in [-0.1, -0.05) is 26.7 Å². The Labute approximate surface area is 114 Å². The van der Waals surface area contributed by atoms with Crippen molar-refractivity contribution in [3.63, 3.8) is 0 Å². The van der Waals surface area contributed by atoms with Gasteiger partial charge in [0.1, 0.15) is 17.2 Å². The Morgan fingerprint density at radius 3 is 2.67 bits per heavy atom. The van der Waals surface area contributed by atoms with Crippen molar-refractivity contribution in [2.75, 3.05) is 11.9 Å². The first-order valence-electron chi connectivity index (χ1n) is 6.97. The Morgan fingerprint density at radius 2 is 2.06 bits per heavy atom. The molecule has 0 amide bonds. The van der Waals surface area contributed by atoms with Crippen LogP contribution in [-0.2, 0) is 0 Å². The lowest BCUT2D eigenvalue weighted by Gasteiger charge is -2.17. The molecule has 0 unspecified atom stereocenters. The van der Waals surface area contributed by atoms with Gasteiger partial charge in [-0.15, -0.1) is 11.8 Å². The third-order valence-electron chi connectivity index (χ3n) is 3.35. The number of hydrogen-bond donors (Lipinski definition) is 1. The minimum absolute atomic E-state index is 0.462. The molecule has 0 spiro atoms. The predicted molar refractivity (Wildman–Crippen MR) is 78.4 cm³/mol. The molecule has 1 aromatic rings. The lowest BCUT2D eigenvalue weighted by atomic mass is 10.1. The van der Waals surface area contributed by atoms with Crippen molar-refractivity contribution in [3.05, 3.63) is 11.9 Å². The van der Waals surface area contributed by atoms with Crippen molar-refractivity contribution >= 4 is 17.6 Å². The molecule has 4 heteroatoms. The van der Waals surface area contributed by atoms with Gasteiger partial charge in [0.05, 0.1) is 0 Å². The molecule has 0 aliphatic heterocycles. The summed E-state index contributed by atoms with van der Waals surface area (Å²) in [4.78, 5) is 8.91. The van der Waals surface area contributed by atoms with Gasteiger partial charge in [0.15, 0.2) is 0 Å². The maximum atomic E-state index is 4.52. The zero-order chi connectivity index (χ0) is 13.0. The van der Waals surface area contributed by atoms with Crippen molar-refractivity contribution < 1.29 is 0 Å². The number of anilines is 1. The molecule has 100 valence electrons. The van der Waals surface area contributed by atoms with E-state index >= 15 is 0 Å². The van der Waals surface area contributed by atoms with Crippen molar-refractivity contribution in [2.24, 2.45) is 0 Å². The van der Waals surface area contributed by atoms with Crippen LogP contribution in [0.1, 0.15) is 57.9 Å². The first-order chi connectivity index (χ1) is 8.72. The summed E-state index contributed by atoms with van der Waals surface area (Å²) in [5, 5.41) is 5.30. The molecule has 1 heterocycles. The quantitative estimate of drug-likeness (QED) is 0.815. The van der Waals surface area contributed by atoms with E-state index in [4.69, 9.17) is 0 Å². The average molecular weight is 265 g/mol. The number of rotatable bonds is 5. The van der Waals surface area contributed by atoms with Crippen LogP contribution in [0.2, 0.25) is 0 Å². The molecule has 1 fully saturated rings. The van der Waals surface area contributed by atoms with Crippen LogP contribution < -0.4 is 5.32 Å². The highest BCUT2D eigenvalue weighted by Gasteiger charge is 2.21. The fourth-order valence-corrected chi connectivity index (χ4v) is 3.92. The van der Waals surface area contributed by atoms with Crippen LogP contribution in [-0.4, -0.2) is 21.8 Å². The first-order valence-corrected chi connectivity index (χ1v) is 7.85. The molecular weight excluding hydrogens is 242 g/mol. The molecule has 1 aromatic heterocycles. The zero-order valence-electron chi connectivity index (χ0n) is 11.6. The average Bonchev–Trinajstić information content (AvgIpc) is 2.82. The summed E-state index contributed by atoms with van der Waals surface area (Å²) in [5.41, 5.74) is 1.29. The smallest absolute Gasteiger partial charge is 0.133 e. The second-order valence-electron chi connectivity index (χ2n) is 5.15. The molecule has 1 aliphatic carbocycles. The molecule has 18 heavy (non-hydrogen) atoms. The van der Waals surface area contributed by atoms with Crippen LogP contribution in [0.25, 0.3) is 0 Å². The highest BCUT2D eigenvalue weighted by molar-refractivity contribution is 7.99. The SMILES string of the molecule is CCNc1ncnc(SC2CCCC2)c1C(C)C. The van der Waals surface area contributed by atoms with Gasteiger partial charge in [-0.25, -0.2) is 9.97 Å². The maximum Gasteiger partial charge on any atom is 0.133 e. The van der Waals surface area contributed by atoms with Gasteiger partial charge >= 0.3 is 0 Å². The van der Waals surface area contributed by atoms with Gasteiger partial charge in [-0.3, -0.25) is 0 Å². The largest absolute Gasteiger partial charge is 0.370 e. The minimum Gasteiger partial charge on any atom is -0.370 e. The van der Waals surface area contributed by atoms with E-state index in [0.29, 0.717) is 5.92 Å². The Morgan fingerprint density at radius 1 is 1.33 bits per heavy atom. The molecule has 0 saturated heterocycles. The Balaban J connectivity index is 2.23. The van der Waals surface area contributed by atoms with Crippen LogP contribution in [0, 0.1) is 0 Å². The van der Waals surface area contributed by atoms with Crippen molar-refractivity contribution in [1.82, 2.24) is 9.97 Å². The highest BCUT2D eigenvalue weighted by atomic mass is 32.2. The molecule has 2 rings (SSSR count). The summed E-state index contributed by atoms with van der Waals surface area (Å²) in [6.07, 6.45) is 7.12. The minimum atomic E-state index is 0.462. The van der Waals surface area contributed by atoms with Crippen molar-refractivity contribution in [3.8, 4) is 0 Å². The standard InChI is InChI=1S/C14H23N3S/c1-4-15-13-12(10(2)3)14(17-9-16-13)18-11-7-5-6-8-11/h9-11H,4-8H2,1-3H3,(H,15,16,17). The molecule has 0 bridgehead atoms. The second-order valence-corrected chi connectivity index (χ2v) is 6.44. The lowest BCUT2D eigenvalue weighted by Crippen LogP contribution is -2.08. The number of nitrogens with one attached hydrogen (secondary N) is 1. The van der Waals surface area contributed by atoms with Gasteiger partial charge in [0.25, 0.3) is 0 Å². The van der Waals surface area contributed by atoms with E-state index < -0.39 is 0 Å². The molecular formula is C14H23N3S. The normalized spacial score (nSPS) is 16.4. The van der Waals surface area contributed by atoms with Gasteiger partial charge in [0, 0.05) is 17.4 Å². The number of thioether (sulfide) groups is 1. The van der Waals surface area contributed by atoms with Crippen LogP contribution in [0.5, 0.6) is 0 Å². The van der Waals surface area contributed by atoms with Crippen LogP contribution in [0.15, 0.2) is 11.4 Å². The summed E-state index contributed by atoms with van der Waals surface area (Å²) in [5.74, 6) is 1.48. The number of aromatic nitrogens is 2. The summed E-state index contributed by atoms with van der Waals surface area (Å²) < 4.78 is 0. The van der Waals surface area contributed by atoms with E-state index in [1.165, 1.54) is 36.3 Å². The van der Waals surface area contributed by atoms with E-state index in [1.807, 2.05) is 11.8 Å². The van der Waals surface area contributed by atoms with Crippen LogP contribution >= 0.6 is 11.8 Å². The summed E-state index contributed by atoms with van der Waals surface area (Å²) >= 11 is 1.96. The van der Waals surface area contributed by atoms with Gasteiger partial charge in [-0.05, 0) is 25.7 Å². The molecule has 0 radical (unpaired) electrons. The Hall–Kier alpha value is -0.770. The topological polar surface area (TPSA) is 37.8 Å².